The van der Waals surface area contributed by atoms with Crippen LogP contribution in [0.5, 0.6) is 11.5 Å². The van der Waals surface area contributed by atoms with Crippen molar-refractivity contribution in [3.63, 3.8) is 0 Å². The number of hydrogen-bond acceptors (Lipinski definition) is 3. The van der Waals surface area contributed by atoms with Crippen LogP contribution in [0.15, 0.2) is 36.4 Å². The second-order valence-corrected chi connectivity index (χ2v) is 9.91. The Labute approximate surface area is 176 Å². The van der Waals surface area contributed by atoms with E-state index in [4.69, 9.17) is 4.74 Å². The molecule has 0 radical (unpaired) electrons. The third-order valence-corrected chi connectivity index (χ3v) is 5.10. The fourth-order valence-corrected chi connectivity index (χ4v) is 3.42. The highest BCUT2D eigenvalue weighted by Gasteiger charge is 2.26. The Hall–Kier alpha value is -2.29. The van der Waals surface area contributed by atoms with Gasteiger partial charge in [-0.1, -0.05) is 79.2 Å². The van der Waals surface area contributed by atoms with Crippen molar-refractivity contribution in [3.8, 4) is 11.5 Å². The summed E-state index contributed by atoms with van der Waals surface area (Å²) in [5.74, 6) is 0.714. The van der Waals surface area contributed by atoms with E-state index >= 15 is 0 Å². The van der Waals surface area contributed by atoms with Gasteiger partial charge in [-0.25, -0.2) is 0 Å². The van der Waals surface area contributed by atoms with Gasteiger partial charge in [0.2, 0.25) is 0 Å². The molecular weight excluding hydrogens is 360 g/mol. The number of carbonyl (C=O) groups excluding carboxylic acids is 1. The van der Waals surface area contributed by atoms with Crippen molar-refractivity contribution in [2.24, 2.45) is 0 Å². The van der Waals surface area contributed by atoms with E-state index in [2.05, 4.69) is 48.5 Å². The van der Waals surface area contributed by atoms with E-state index in [0.29, 0.717) is 24.3 Å². The average molecular weight is 397 g/mol. The summed E-state index contributed by atoms with van der Waals surface area (Å²) in [4.78, 5) is 12.4. The third-order valence-electron chi connectivity index (χ3n) is 5.10. The van der Waals surface area contributed by atoms with E-state index in [1.54, 1.807) is 0 Å². The second-order valence-electron chi connectivity index (χ2n) is 9.91. The van der Waals surface area contributed by atoms with E-state index in [-0.39, 0.29) is 16.8 Å². The summed E-state index contributed by atoms with van der Waals surface area (Å²) in [6.45, 7) is 14.7. The maximum atomic E-state index is 12.4. The number of aryl methyl sites for hydroxylation is 2. The number of phenols is 1. The number of phenolic OH excluding ortho intramolecular Hbond substituents is 1. The predicted octanol–water partition coefficient (Wildman–Crippen LogP) is 6.48. The first-order valence-electron chi connectivity index (χ1n) is 10.6. The van der Waals surface area contributed by atoms with Gasteiger partial charge in [0.15, 0.2) is 0 Å². The van der Waals surface area contributed by atoms with Crippen LogP contribution in [0.3, 0.4) is 0 Å². The predicted molar refractivity (Wildman–Crippen MR) is 120 cm³/mol. The van der Waals surface area contributed by atoms with E-state index < -0.39 is 0 Å². The van der Waals surface area contributed by atoms with Gasteiger partial charge in [-0.3, -0.25) is 4.79 Å². The minimum Gasteiger partial charge on any atom is -0.507 e. The number of benzene rings is 2. The SMILES string of the molecule is CCCc1ccc(OC(=O)CCc2cc(C(C)(C)C)c(O)c(C(C)(C)C)c2)cc1. The van der Waals surface area contributed by atoms with Crippen LogP contribution in [-0.4, -0.2) is 11.1 Å². The highest BCUT2D eigenvalue weighted by atomic mass is 16.5. The molecule has 0 aromatic heterocycles. The van der Waals surface area contributed by atoms with Gasteiger partial charge in [0.25, 0.3) is 0 Å². The zero-order chi connectivity index (χ0) is 21.8. The molecule has 3 heteroatoms. The van der Waals surface area contributed by atoms with E-state index in [1.807, 2.05) is 36.4 Å². The van der Waals surface area contributed by atoms with Crippen LogP contribution in [0.1, 0.15) is 83.6 Å². The zero-order valence-corrected chi connectivity index (χ0v) is 19.1. The van der Waals surface area contributed by atoms with Crippen LogP contribution < -0.4 is 4.74 Å². The molecule has 0 atom stereocenters. The minimum absolute atomic E-state index is 0.180. The number of hydrogen-bond donors (Lipinski definition) is 1. The molecule has 0 heterocycles. The summed E-state index contributed by atoms with van der Waals surface area (Å²) in [6, 6.07) is 11.8. The van der Waals surface area contributed by atoms with E-state index in [0.717, 1.165) is 29.5 Å². The molecule has 2 aromatic rings. The quantitative estimate of drug-likeness (QED) is 0.449. The molecule has 0 unspecified atom stereocenters. The summed E-state index contributed by atoms with van der Waals surface area (Å²) < 4.78 is 5.50. The summed E-state index contributed by atoms with van der Waals surface area (Å²) in [5.41, 5.74) is 3.77. The molecule has 0 fully saturated rings. The van der Waals surface area contributed by atoms with Crippen LogP contribution in [0.4, 0.5) is 0 Å². The number of rotatable bonds is 6. The number of ether oxygens (including phenoxy) is 1. The number of esters is 1. The molecule has 3 nitrogen and oxygen atoms in total. The van der Waals surface area contributed by atoms with Crippen molar-refractivity contribution < 1.29 is 14.6 Å². The topological polar surface area (TPSA) is 46.5 Å². The van der Waals surface area contributed by atoms with Gasteiger partial charge in [-0.05, 0) is 58.1 Å². The summed E-state index contributed by atoms with van der Waals surface area (Å²) in [6.07, 6.45) is 3.01. The first kappa shape index (κ1) is 23.0. The lowest BCUT2D eigenvalue weighted by Crippen LogP contribution is -2.18. The summed E-state index contributed by atoms with van der Waals surface area (Å²) in [7, 11) is 0. The molecule has 0 saturated heterocycles. The van der Waals surface area contributed by atoms with Crippen LogP contribution in [0.2, 0.25) is 0 Å². The maximum Gasteiger partial charge on any atom is 0.311 e. The smallest absolute Gasteiger partial charge is 0.311 e. The molecule has 0 aliphatic heterocycles. The monoisotopic (exact) mass is 396 g/mol. The van der Waals surface area contributed by atoms with Gasteiger partial charge in [-0.2, -0.15) is 0 Å². The molecule has 29 heavy (non-hydrogen) atoms. The molecule has 2 aromatic carbocycles. The Morgan fingerprint density at radius 3 is 1.83 bits per heavy atom. The standard InChI is InChI=1S/C26H36O3/c1-8-9-18-10-13-20(14-11-18)29-23(27)15-12-19-16-21(25(2,3)4)24(28)22(17-19)26(5,6)7/h10-11,13-14,16-17,28H,8-9,12,15H2,1-7H3. The van der Waals surface area contributed by atoms with Crippen LogP contribution >= 0.6 is 0 Å². The second kappa shape index (κ2) is 9.02. The lowest BCUT2D eigenvalue weighted by Gasteiger charge is -2.28. The van der Waals surface area contributed by atoms with Gasteiger partial charge in [0.05, 0.1) is 0 Å². The Balaban J connectivity index is 2.14. The molecule has 0 aliphatic carbocycles. The van der Waals surface area contributed by atoms with Crippen molar-refractivity contribution >= 4 is 5.97 Å². The largest absolute Gasteiger partial charge is 0.507 e. The first-order valence-corrected chi connectivity index (χ1v) is 10.6. The van der Waals surface area contributed by atoms with E-state index in [1.165, 1.54) is 5.56 Å². The molecule has 1 N–H and O–H groups in total. The Morgan fingerprint density at radius 2 is 1.38 bits per heavy atom. The molecular formula is C26H36O3. The maximum absolute atomic E-state index is 12.4. The lowest BCUT2D eigenvalue weighted by atomic mass is 9.78. The van der Waals surface area contributed by atoms with Gasteiger partial charge in [0.1, 0.15) is 11.5 Å². The van der Waals surface area contributed by atoms with Crippen molar-refractivity contribution in [1.29, 1.82) is 0 Å². The fraction of sp³-hybridized carbons (Fsp3) is 0.500. The van der Waals surface area contributed by atoms with Crippen LogP contribution in [-0.2, 0) is 28.5 Å². The third kappa shape index (κ3) is 6.35. The number of aromatic hydroxyl groups is 1. The van der Waals surface area contributed by atoms with Crippen molar-refractivity contribution in [1.82, 2.24) is 0 Å². The van der Waals surface area contributed by atoms with Crippen molar-refractivity contribution in [3.05, 3.63) is 58.7 Å². The first-order chi connectivity index (χ1) is 13.4. The zero-order valence-electron chi connectivity index (χ0n) is 19.1. The van der Waals surface area contributed by atoms with Crippen LogP contribution in [0.25, 0.3) is 0 Å². The fourth-order valence-electron chi connectivity index (χ4n) is 3.42. The molecule has 0 amide bonds. The molecule has 0 bridgehead atoms. The highest BCUT2D eigenvalue weighted by Crippen LogP contribution is 2.40. The van der Waals surface area contributed by atoms with Gasteiger partial charge in [-0.15, -0.1) is 0 Å². The molecule has 0 aliphatic rings. The Kier molecular flexibility index (Phi) is 7.15. The molecule has 158 valence electrons. The Bertz CT molecular complexity index is 799. The lowest BCUT2D eigenvalue weighted by molar-refractivity contribution is -0.134. The number of carbonyl (C=O) groups is 1. The minimum atomic E-state index is -0.240. The van der Waals surface area contributed by atoms with Gasteiger partial charge >= 0.3 is 5.97 Å². The van der Waals surface area contributed by atoms with Crippen molar-refractivity contribution in [2.45, 2.75) is 85.0 Å². The normalized spacial score (nSPS) is 12.1. The molecule has 2 rings (SSSR count). The highest BCUT2D eigenvalue weighted by molar-refractivity contribution is 5.72. The van der Waals surface area contributed by atoms with Gasteiger partial charge in [0, 0.05) is 6.42 Å². The van der Waals surface area contributed by atoms with E-state index in [9.17, 15) is 9.90 Å². The molecule has 0 saturated carbocycles. The Morgan fingerprint density at radius 1 is 0.862 bits per heavy atom. The molecule has 0 spiro atoms. The van der Waals surface area contributed by atoms with Gasteiger partial charge < -0.3 is 9.84 Å². The summed E-state index contributed by atoms with van der Waals surface area (Å²) in [5, 5.41) is 10.8. The van der Waals surface area contributed by atoms with Crippen LogP contribution in [0, 0.1) is 0 Å². The average Bonchev–Trinajstić information content (AvgIpc) is 2.60. The van der Waals surface area contributed by atoms with Crippen molar-refractivity contribution in [2.75, 3.05) is 0 Å². The summed E-state index contributed by atoms with van der Waals surface area (Å²) >= 11 is 0.